The molecular formula is C12H14O3. The standard InChI is InChI=1S/C12H14O3/c1-15-9-3-2-4-10-5-7-11(8-6-10)12(13)14/h3,5-9H,2,4H2,1H3,(H,13,14). The molecule has 0 aliphatic carbocycles. The van der Waals surface area contributed by atoms with Crippen LogP contribution in [0.5, 0.6) is 0 Å². The highest BCUT2D eigenvalue weighted by molar-refractivity contribution is 5.87. The number of aryl methyl sites for hydroxylation is 1. The molecule has 3 nitrogen and oxygen atoms in total. The van der Waals surface area contributed by atoms with Crippen LogP contribution in [0.3, 0.4) is 0 Å². The zero-order valence-corrected chi connectivity index (χ0v) is 8.64. The van der Waals surface area contributed by atoms with Crippen molar-refractivity contribution in [3.63, 3.8) is 0 Å². The Morgan fingerprint density at radius 1 is 1.40 bits per heavy atom. The van der Waals surface area contributed by atoms with E-state index in [0.717, 1.165) is 18.4 Å². The van der Waals surface area contributed by atoms with Crippen LogP contribution in [0.15, 0.2) is 36.6 Å². The molecule has 80 valence electrons. The summed E-state index contributed by atoms with van der Waals surface area (Å²) in [5.41, 5.74) is 1.45. The molecule has 0 aromatic heterocycles. The summed E-state index contributed by atoms with van der Waals surface area (Å²) < 4.78 is 4.77. The summed E-state index contributed by atoms with van der Waals surface area (Å²) in [6.07, 6.45) is 5.36. The number of allylic oxidation sites excluding steroid dienone is 1. The van der Waals surface area contributed by atoms with E-state index in [0.29, 0.717) is 5.56 Å². The van der Waals surface area contributed by atoms with Crippen LogP contribution in [0.4, 0.5) is 0 Å². The number of hydrogen-bond donors (Lipinski definition) is 1. The highest BCUT2D eigenvalue weighted by atomic mass is 16.5. The molecule has 1 aromatic carbocycles. The van der Waals surface area contributed by atoms with Crippen LogP contribution >= 0.6 is 0 Å². The minimum atomic E-state index is -0.888. The first-order valence-electron chi connectivity index (χ1n) is 4.74. The number of rotatable bonds is 5. The van der Waals surface area contributed by atoms with E-state index in [1.165, 1.54) is 0 Å². The van der Waals surface area contributed by atoms with Gasteiger partial charge >= 0.3 is 5.97 Å². The maximum absolute atomic E-state index is 10.6. The summed E-state index contributed by atoms with van der Waals surface area (Å²) >= 11 is 0. The van der Waals surface area contributed by atoms with Crippen LogP contribution in [-0.2, 0) is 11.2 Å². The van der Waals surface area contributed by atoms with Crippen molar-refractivity contribution in [1.29, 1.82) is 0 Å². The van der Waals surface area contributed by atoms with Crippen molar-refractivity contribution in [2.24, 2.45) is 0 Å². The number of methoxy groups -OCH3 is 1. The molecule has 3 heteroatoms. The van der Waals surface area contributed by atoms with Crippen molar-refractivity contribution < 1.29 is 14.6 Å². The highest BCUT2D eigenvalue weighted by Crippen LogP contribution is 2.07. The van der Waals surface area contributed by atoms with Crippen LogP contribution < -0.4 is 0 Å². The maximum atomic E-state index is 10.6. The number of hydrogen-bond acceptors (Lipinski definition) is 2. The minimum Gasteiger partial charge on any atom is -0.505 e. The Hall–Kier alpha value is -1.77. The van der Waals surface area contributed by atoms with E-state index in [1.807, 2.05) is 18.2 Å². The second-order valence-corrected chi connectivity index (χ2v) is 3.15. The fourth-order valence-electron chi connectivity index (χ4n) is 1.23. The minimum absolute atomic E-state index is 0.325. The number of carbonyl (C=O) groups is 1. The third-order valence-electron chi connectivity index (χ3n) is 2.03. The van der Waals surface area contributed by atoms with E-state index in [-0.39, 0.29) is 0 Å². The van der Waals surface area contributed by atoms with Gasteiger partial charge in [0.1, 0.15) is 0 Å². The Kier molecular flexibility index (Phi) is 4.41. The zero-order valence-electron chi connectivity index (χ0n) is 8.64. The van der Waals surface area contributed by atoms with Crippen molar-refractivity contribution in [1.82, 2.24) is 0 Å². The molecule has 1 N–H and O–H groups in total. The predicted molar refractivity (Wildman–Crippen MR) is 57.9 cm³/mol. The molecule has 0 aliphatic heterocycles. The van der Waals surface area contributed by atoms with Crippen LogP contribution in [0.1, 0.15) is 22.3 Å². The van der Waals surface area contributed by atoms with Crippen LogP contribution in [0, 0.1) is 0 Å². The molecule has 0 amide bonds. The lowest BCUT2D eigenvalue weighted by Crippen LogP contribution is -1.95. The van der Waals surface area contributed by atoms with Gasteiger partial charge in [-0.25, -0.2) is 4.79 Å². The van der Waals surface area contributed by atoms with E-state index in [4.69, 9.17) is 9.84 Å². The second kappa shape index (κ2) is 5.86. The van der Waals surface area contributed by atoms with Gasteiger partial charge in [0.25, 0.3) is 0 Å². The molecule has 0 radical (unpaired) electrons. The lowest BCUT2D eigenvalue weighted by molar-refractivity contribution is 0.0697. The molecule has 1 rings (SSSR count). The van der Waals surface area contributed by atoms with Crippen molar-refractivity contribution in [3.8, 4) is 0 Å². The number of carboxylic acid groups (broad SMARTS) is 1. The van der Waals surface area contributed by atoms with Gasteiger partial charge < -0.3 is 9.84 Å². The number of carboxylic acids is 1. The third-order valence-corrected chi connectivity index (χ3v) is 2.03. The number of benzene rings is 1. The summed E-state index contributed by atoms with van der Waals surface area (Å²) in [6.45, 7) is 0. The van der Waals surface area contributed by atoms with E-state index in [9.17, 15) is 4.79 Å². The lowest BCUT2D eigenvalue weighted by Gasteiger charge is -1.99. The summed E-state index contributed by atoms with van der Waals surface area (Å²) in [5.74, 6) is -0.888. The van der Waals surface area contributed by atoms with E-state index in [2.05, 4.69) is 0 Å². The molecule has 15 heavy (non-hydrogen) atoms. The van der Waals surface area contributed by atoms with Crippen molar-refractivity contribution in [2.45, 2.75) is 12.8 Å². The zero-order chi connectivity index (χ0) is 11.1. The summed E-state index contributed by atoms with van der Waals surface area (Å²) in [5, 5.41) is 8.69. The lowest BCUT2D eigenvalue weighted by atomic mass is 10.1. The maximum Gasteiger partial charge on any atom is 0.335 e. The van der Waals surface area contributed by atoms with Gasteiger partial charge in [-0.3, -0.25) is 0 Å². The Morgan fingerprint density at radius 3 is 2.60 bits per heavy atom. The number of ether oxygens (including phenoxy) is 1. The molecule has 0 saturated heterocycles. The van der Waals surface area contributed by atoms with Gasteiger partial charge in [0.05, 0.1) is 18.9 Å². The van der Waals surface area contributed by atoms with Gasteiger partial charge in [-0.1, -0.05) is 12.1 Å². The fraction of sp³-hybridized carbons (Fsp3) is 0.250. The first-order valence-corrected chi connectivity index (χ1v) is 4.74. The molecule has 0 heterocycles. The SMILES string of the molecule is COC=CCCc1ccc(C(=O)O)cc1. The van der Waals surface area contributed by atoms with E-state index >= 15 is 0 Å². The topological polar surface area (TPSA) is 46.5 Å². The molecule has 0 spiro atoms. The largest absolute Gasteiger partial charge is 0.505 e. The molecular weight excluding hydrogens is 192 g/mol. The van der Waals surface area contributed by atoms with E-state index in [1.54, 1.807) is 25.5 Å². The average molecular weight is 206 g/mol. The summed E-state index contributed by atoms with van der Waals surface area (Å²) in [7, 11) is 1.61. The third kappa shape index (κ3) is 3.85. The summed E-state index contributed by atoms with van der Waals surface area (Å²) in [4.78, 5) is 10.6. The molecule has 0 fully saturated rings. The highest BCUT2D eigenvalue weighted by Gasteiger charge is 2.00. The van der Waals surface area contributed by atoms with Gasteiger partial charge in [-0.05, 0) is 36.6 Å². The van der Waals surface area contributed by atoms with Crippen molar-refractivity contribution >= 4 is 5.97 Å². The van der Waals surface area contributed by atoms with Crippen molar-refractivity contribution in [3.05, 3.63) is 47.7 Å². The molecule has 0 aliphatic rings. The molecule has 1 aromatic rings. The fourth-order valence-corrected chi connectivity index (χ4v) is 1.23. The van der Waals surface area contributed by atoms with E-state index < -0.39 is 5.97 Å². The molecule has 0 atom stereocenters. The monoisotopic (exact) mass is 206 g/mol. The Labute approximate surface area is 89.0 Å². The Morgan fingerprint density at radius 2 is 2.07 bits per heavy atom. The van der Waals surface area contributed by atoms with Gasteiger partial charge in [0, 0.05) is 0 Å². The molecule has 0 unspecified atom stereocenters. The quantitative estimate of drug-likeness (QED) is 0.753. The second-order valence-electron chi connectivity index (χ2n) is 3.15. The molecule has 0 saturated carbocycles. The van der Waals surface area contributed by atoms with Gasteiger partial charge in [-0.2, -0.15) is 0 Å². The van der Waals surface area contributed by atoms with Crippen LogP contribution in [0.25, 0.3) is 0 Å². The average Bonchev–Trinajstić information content (AvgIpc) is 2.25. The van der Waals surface area contributed by atoms with Crippen molar-refractivity contribution in [2.75, 3.05) is 7.11 Å². The Bertz CT molecular complexity index is 338. The van der Waals surface area contributed by atoms with Gasteiger partial charge in [0.2, 0.25) is 0 Å². The summed E-state index contributed by atoms with van der Waals surface area (Å²) in [6, 6.07) is 6.92. The van der Waals surface area contributed by atoms with Gasteiger partial charge in [-0.15, -0.1) is 0 Å². The predicted octanol–water partition coefficient (Wildman–Crippen LogP) is 2.48. The molecule has 0 bridgehead atoms. The smallest absolute Gasteiger partial charge is 0.335 e. The normalized spacial score (nSPS) is 10.5. The number of aromatic carboxylic acids is 1. The first kappa shape index (κ1) is 11.3. The van der Waals surface area contributed by atoms with Gasteiger partial charge in [0.15, 0.2) is 0 Å². The van der Waals surface area contributed by atoms with Crippen LogP contribution in [0.2, 0.25) is 0 Å². The Balaban J connectivity index is 2.50. The first-order chi connectivity index (χ1) is 7.24. The van der Waals surface area contributed by atoms with Crippen LogP contribution in [-0.4, -0.2) is 18.2 Å².